The van der Waals surface area contributed by atoms with E-state index >= 15 is 0 Å². The number of phenolic OH excluding ortho intramolecular Hbond substituents is 1. The molecule has 0 fully saturated rings. The molecule has 0 bridgehead atoms. The first-order valence-corrected chi connectivity index (χ1v) is 9.43. The van der Waals surface area contributed by atoms with Crippen LogP contribution in [0.15, 0.2) is 66.7 Å². The molecule has 0 saturated carbocycles. The summed E-state index contributed by atoms with van der Waals surface area (Å²) in [6.45, 7) is 0. The Kier molecular flexibility index (Phi) is 11.5. The molecule has 0 saturated heterocycles. The molecular weight excluding hydrogens is 452 g/mol. The van der Waals surface area contributed by atoms with Gasteiger partial charge in [0, 0.05) is 18.1 Å². The van der Waals surface area contributed by atoms with Gasteiger partial charge in [-0.2, -0.15) is 0 Å². The van der Waals surface area contributed by atoms with Gasteiger partial charge >= 0.3 is 35.5 Å². The predicted octanol–water partition coefficient (Wildman–Crippen LogP) is 1.21. The Hall–Kier alpha value is -2.22. The summed E-state index contributed by atoms with van der Waals surface area (Å²) in [7, 11) is 1.31. The number of aliphatic carboxylic acids is 1. The Morgan fingerprint density at radius 3 is 2.10 bits per heavy atom. The summed E-state index contributed by atoms with van der Waals surface area (Å²) in [6.07, 6.45) is -0.175. The number of methoxy groups -OCH3 is 1. The van der Waals surface area contributed by atoms with Crippen molar-refractivity contribution in [1.29, 1.82) is 0 Å². The molecule has 9 heteroatoms. The van der Waals surface area contributed by atoms with Crippen LogP contribution < -0.4 is 40.0 Å². The van der Waals surface area contributed by atoms with Crippen LogP contribution in [0.4, 0.5) is 11.4 Å². The number of benzene rings is 3. The predicted molar refractivity (Wildman–Crippen MR) is 114 cm³/mol. The number of para-hydroxylation sites is 2. The van der Waals surface area contributed by atoms with Gasteiger partial charge in [-0.05, 0) is 48.0 Å². The van der Waals surface area contributed by atoms with Crippen molar-refractivity contribution in [2.45, 2.75) is 6.42 Å². The quantitative estimate of drug-likeness (QED) is 0.430. The van der Waals surface area contributed by atoms with Crippen LogP contribution >= 0.6 is 23.2 Å². The smallest absolute Gasteiger partial charge is 0.550 e. The minimum absolute atomic E-state index is 0. The number of halogens is 2. The van der Waals surface area contributed by atoms with Gasteiger partial charge in [-0.15, -0.1) is 0 Å². The molecule has 156 valence electrons. The van der Waals surface area contributed by atoms with Crippen molar-refractivity contribution in [3.05, 3.63) is 87.9 Å². The summed E-state index contributed by atoms with van der Waals surface area (Å²) in [5, 5.41) is 23.6. The molecule has 0 spiro atoms. The van der Waals surface area contributed by atoms with Crippen LogP contribution in [0, 0.1) is 0 Å². The summed E-state index contributed by atoms with van der Waals surface area (Å²) >= 11 is 12.1. The minimum atomic E-state index is -1.14. The van der Waals surface area contributed by atoms with Gasteiger partial charge in [-0.3, -0.25) is 0 Å². The van der Waals surface area contributed by atoms with Crippen molar-refractivity contribution in [3.63, 3.8) is 0 Å². The summed E-state index contributed by atoms with van der Waals surface area (Å²) in [5.41, 5.74) is 2.24. The maximum atomic E-state index is 10.8. The number of anilines is 2. The maximum absolute atomic E-state index is 10.8. The molecule has 0 unspecified atom stereocenters. The van der Waals surface area contributed by atoms with Gasteiger partial charge in [-0.1, -0.05) is 47.5 Å². The average molecular weight is 470 g/mol. The number of carbonyl (C=O) groups is 2. The fourth-order valence-corrected chi connectivity index (χ4v) is 2.91. The molecule has 3 aromatic rings. The zero-order chi connectivity index (χ0) is 22.1. The van der Waals surface area contributed by atoms with E-state index in [1.807, 2.05) is 0 Å². The molecule has 0 aromatic heterocycles. The average Bonchev–Trinajstić information content (AvgIpc) is 2.72. The van der Waals surface area contributed by atoms with Gasteiger partial charge in [0.1, 0.15) is 5.75 Å². The third-order valence-corrected chi connectivity index (χ3v) is 4.49. The standard InChI is InChI=1S/C14H11Cl2NO2.C8H8O3.Na/c15-10-5-3-6-11(16)14(10)17-12-7-2-1-4-9(12)8-13(18)19;1-11-8(10)6-2-4-7(9)5-3-6;/h1-7,17H,8H2,(H,18,19);2-5,9H,1H3;/q;;+1/p-1. The van der Waals surface area contributed by atoms with Crippen molar-refractivity contribution in [3.8, 4) is 5.75 Å². The number of esters is 1. The normalized spacial score (nSPS) is 9.52. The van der Waals surface area contributed by atoms with Crippen LogP contribution in [0.2, 0.25) is 10.0 Å². The SMILES string of the molecule is COC(=O)c1ccc(O)cc1.O=C([O-])Cc1ccccc1Nc1c(Cl)cccc1Cl.[Na+]. The molecule has 31 heavy (non-hydrogen) atoms. The number of aromatic hydroxyl groups is 1. The van der Waals surface area contributed by atoms with Gasteiger partial charge in [0.05, 0.1) is 28.4 Å². The first kappa shape index (κ1) is 26.8. The fourth-order valence-electron chi connectivity index (χ4n) is 2.42. The third kappa shape index (κ3) is 8.44. The second-order valence-electron chi connectivity index (χ2n) is 5.97. The molecule has 0 aliphatic rings. The molecule has 0 atom stereocenters. The molecule has 2 N–H and O–H groups in total. The van der Waals surface area contributed by atoms with Crippen LogP contribution in [0.3, 0.4) is 0 Å². The zero-order valence-corrected chi connectivity index (χ0v) is 20.4. The molecule has 0 heterocycles. The maximum Gasteiger partial charge on any atom is 1.00 e. The minimum Gasteiger partial charge on any atom is -0.550 e. The number of ether oxygens (including phenoxy) is 1. The van der Waals surface area contributed by atoms with Gasteiger partial charge in [0.2, 0.25) is 0 Å². The monoisotopic (exact) mass is 469 g/mol. The van der Waals surface area contributed by atoms with Crippen LogP contribution in [-0.2, 0) is 16.0 Å². The van der Waals surface area contributed by atoms with Gasteiger partial charge in [0.15, 0.2) is 0 Å². The van der Waals surface area contributed by atoms with Gasteiger partial charge < -0.3 is 25.1 Å². The molecule has 0 aliphatic heterocycles. The van der Waals surface area contributed by atoms with Gasteiger partial charge in [-0.25, -0.2) is 4.79 Å². The molecule has 0 amide bonds. The second kappa shape index (κ2) is 13.2. The first-order valence-electron chi connectivity index (χ1n) is 8.68. The summed E-state index contributed by atoms with van der Waals surface area (Å²) in [5.74, 6) is -1.40. The number of nitrogens with one attached hydrogen (secondary N) is 1. The van der Waals surface area contributed by atoms with E-state index in [4.69, 9.17) is 28.3 Å². The molecular formula is C22H18Cl2NNaO5. The molecule has 0 radical (unpaired) electrons. The van der Waals surface area contributed by atoms with E-state index in [-0.39, 0.29) is 41.7 Å². The second-order valence-corrected chi connectivity index (χ2v) is 6.78. The molecule has 3 aromatic carbocycles. The largest absolute Gasteiger partial charge is 1.00 e. The van der Waals surface area contributed by atoms with E-state index in [1.165, 1.54) is 31.4 Å². The topological polar surface area (TPSA) is 98.7 Å². The van der Waals surface area contributed by atoms with E-state index < -0.39 is 11.9 Å². The zero-order valence-electron chi connectivity index (χ0n) is 16.9. The van der Waals surface area contributed by atoms with E-state index in [0.29, 0.717) is 32.5 Å². The molecule has 6 nitrogen and oxygen atoms in total. The van der Waals surface area contributed by atoms with Crippen molar-refractivity contribution in [1.82, 2.24) is 0 Å². The Morgan fingerprint density at radius 2 is 1.55 bits per heavy atom. The Balaban J connectivity index is 0.000000344. The summed E-state index contributed by atoms with van der Waals surface area (Å²) < 4.78 is 4.46. The number of carboxylic acid groups (broad SMARTS) is 1. The van der Waals surface area contributed by atoms with E-state index in [9.17, 15) is 14.7 Å². The van der Waals surface area contributed by atoms with Crippen molar-refractivity contribution >= 4 is 46.5 Å². The van der Waals surface area contributed by atoms with Crippen molar-refractivity contribution in [2.24, 2.45) is 0 Å². The van der Waals surface area contributed by atoms with E-state index in [1.54, 1.807) is 42.5 Å². The third-order valence-electron chi connectivity index (χ3n) is 3.86. The Bertz CT molecular complexity index is 1010. The number of rotatable bonds is 5. The summed E-state index contributed by atoms with van der Waals surface area (Å²) in [6, 6.07) is 18.1. The van der Waals surface area contributed by atoms with E-state index in [0.717, 1.165) is 0 Å². The number of carbonyl (C=O) groups excluding carboxylic acids is 2. The fraction of sp³-hybridized carbons (Fsp3) is 0.0909. The van der Waals surface area contributed by atoms with Crippen LogP contribution in [0.5, 0.6) is 5.75 Å². The van der Waals surface area contributed by atoms with Crippen molar-refractivity contribution in [2.75, 3.05) is 12.4 Å². The first-order chi connectivity index (χ1) is 14.3. The van der Waals surface area contributed by atoms with Crippen LogP contribution in [0.1, 0.15) is 15.9 Å². The Labute approximate surface area is 212 Å². The number of hydrogen-bond donors (Lipinski definition) is 2. The van der Waals surface area contributed by atoms with Crippen LogP contribution in [-0.4, -0.2) is 24.2 Å². The molecule has 0 aliphatic carbocycles. The van der Waals surface area contributed by atoms with E-state index in [2.05, 4.69) is 10.1 Å². The number of hydrogen-bond acceptors (Lipinski definition) is 6. The Morgan fingerprint density at radius 1 is 0.968 bits per heavy atom. The number of phenols is 1. The summed E-state index contributed by atoms with van der Waals surface area (Å²) in [4.78, 5) is 21.5. The van der Waals surface area contributed by atoms with Crippen molar-refractivity contribution < 1.29 is 54.1 Å². The number of carboxylic acids is 1. The van der Waals surface area contributed by atoms with Crippen LogP contribution in [0.25, 0.3) is 0 Å². The molecule has 3 rings (SSSR count). The van der Waals surface area contributed by atoms with Gasteiger partial charge in [0.25, 0.3) is 0 Å².